The predicted octanol–water partition coefficient (Wildman–Crippen LogP) is 2.26. The predicted molar refractivity (Wildman–Crippen MR) is 74.3 cm³/mol. The van der Waals surface area contributed by atoms with Crippen molar-refractivity contribution >= 4 is 0 Å². The standard InChI is InChI=1S/C15H18FN3O2/c16-12-3-5-13(6-4-12)21-10-2-9-19-11-17-14(18-19)15(20)7-1-8-15/h3-6,11,20H,1-2,7-10H2. The molecule has 21 heavy (non-hydrogen) atoms. The van der Waals surface area contributed by atoms with Gasteiger partial charge in [-0.1, -0.05) is 0 Å². The molecular weight excluding hydrogens is 273 g/mol. The second-order valence-electron chi connectivity index (χ2n) is 5.37. The zero-order valence-corrected chi connectivity index (χ0v) is 11.7. The highest BCUT2D eigenvalue weighted by Crippen LogP contribution is 2.38. The van der Waals surface area contributed by atoms with Gasteiger partial charge in [0.15, 0.2) is 5.82 Å². The number of aryl methyl sites for hydroxylation is 1. The Hall–Kier alpha value is -1.95. The van der Waals surface area contributed by atoms with Gasteiger partial charge in [-0.2, -0.15) is 5.10 Å². The van der Waals surface area contributed by atoms with Crippen LogP contribution < -0.4 is 4.74 Å². The van der Waals surface area contributed by atoms with Gasteiger partial charge in [-0.15, -0.1) is 0 Å². The van der Waals surface area contributed by atoms with Gasteiger partial charge in [0.1, 0.15) is 23.5 Å². The van der Waals surface area contributed by atoms with E-state index >= 15 is 0 Å². The van der Waals surface area contributed by atoms with Crippen molar-refractivity contribution in [2.75, 3.05) is 6.61 Å². The third-order valence-corrected chi connectivity index (χ3v) is 3.75. The maximum Gasteiger partial charge on any atom is 0.182 e. The summed E-state index contributed by atoms with van der Waals surface area (Å²) in [5.74, 6) is 0.902. The second-order valence-corrected chi connectivity index (χ2v) is 5.37. The van der Waals surface area contributed by atoms with Crippen LogP contribution in [0.3, 0.4) is 0 Å². The normalized spacial score (nSPS) is 16.5. The van der Waals surface area contributed by atoms with Crippen LogP contribution in [0.2, 0.25) is 0 Å². The summed E-state index contributed by atoms with van der Waals surface area (Å²) in [4.78, 5) is 4.18. The van der Waals surface area contributed by atoms with Crippen molar-refractivity contribution in [2.24, 2.45) is 0 Å². The van der Waals surface area contributed by atoms with Crippen molar-refractivity contribution in [2.45, 2.75) is 37.8 Å². The third-order valence-electron chi connectivity index (χ3n) is 3.75. The molecule has 1 saturated carbocycles. The molecule has 0 spiro atoms. The molecule has 6 heteroatoms. The van der Waals surface area contributed by atoms with Crippen molar-refractivity contribution in [3.05, 3.63) is 42.2 Å². The van der Waals surface area contributed by atoms with E-state index < -0.39 is 5.60 Å². The van der Waals surface area contributed by atoms with Crippen molar-refractivity contribution in [3.63, 3.8) is 0 Å². The van der Waals surface area contributed by atoms with Crippen LogP contribution >= 0.6 is 0 Å². The Labute approximate surface area is 122 Å². The van der Waals surface area contributed by atoms with E-state index in [1.54, 1.807) is 23.1 Å². The smallest absolute Gasteiger partial charge is 0.182 e. The Morgan fingerprint density at radius 1 is 1.29 bits per heavy atom. The maximum absolute atomic E-state index is 12.7. The Morgan fingerprint density at radius 2 is 2.05 bits per heavy atom. The van der Waals surface area contributed by atoms with Crippen LogP contribution in [0.1, 0.15) is 31.5 Å². The van der Waals surface area contributed by atoms with Crippen molar-refractivity contribution in [3.8, 4) is 5.75 Å². The van der Waals surface area contributed by atoms with Crippen LogP contribution in [0.5, 0.6) is 5.75 Å². The first-order valence-corrected chi connectivity index (χ1v) is 7.16. The van der Waals surface area contributed by atoms with Crippen LogP contribution in [0.4, 0.5) is 4.39 Å². The van der Waals surface area contributed by atoms with E-state index in [1.807, 2.05) is 0 Å². The first-order valence-electron chi connectivity index (χ1n) is 7.16. The van der Waals surface area contributed by atoms with Crippen molar-refractivity contribution in [1.82, 2.24) is 14.8 Å². The molecule has 5 nitrogen and oxygen atoms in total. The molecule has 1 N–H and O–H groups in total. The van der Waals surface area contributed by atoms with Gasteiger partial charge >= 0.3 is 0 Å². The fourth-order valence-electron chi connectivity index (χ4n) is 2.30. The number of ether oxygens (including phenoxy) is 1. The number of nitrogens with zero attached hydrogens (tertiary/aromatic N) is 3. The summed E-state index contributed by atoms with van der Waals surface area (Å²) in [7, 11) is 0. The molecule has 0 bridgehead atoms. The molecule has 0 radical (unpaired) electrons. The zero-order valence-electron chi connectivity index (χ0n) is 11.7. The van der Waals surface area contributed by atoms with Gasteiger partial charge in [0, 0.05) is 13.0 Å². The molecule has 0 amide bonds. The summed E-state index contributed by atoms with van der Waals surface area (Å²) in [6.45, 7) is 1.19. The number of rotatable bonds is 6. The van der Waals surface area contributed by atoms with E-state index in [4.69, 9.17) is 4.74 Å². The van der Waals surface area contributed by atoms with E-state index in [9.17, 15) is 9.50 Å². The van der Waals surface area contributed by atoms with Crippen LogP contribution in [0, 0.1) is 5.82 Å². The van der Waals surface area contributed by atoms with E-state index in [0.717, 1.165) is 25.7 Å². The highest BCUT2D eigenvalue weighted by Gasteiger charge is 2.39. The quantitative estimate of drug-likeness (QED) is 0.829. The molecule has 1 aromatic heterocycles. The first kappa shape index (κ1) is 14.0. The SMILES string of the molecule is OC1(c2ncn(CCCOc3ccc(F)cc3)n2)CCC1. The molecule has 0 atom stereocenters. The van der Waals surface area contributed by atoms with Gasteiger partial charge in [0.25, 0.3) is 0 Å². The number of aliphatic hydroxyl groups is 1. The van der Waals surface area contributed by atoms with Gasteiger partial charge in [-0.05, 0) is 43.5 Å². The minimum Gasteiger partial charge on any atom is -0.494 e. The number of halogens is 1. The molecule has 1 aliphatic rings. The third kappa shape index (κ3) is 3.21. The topological polar surface area (TPSA) is 60.2 Å². The zero-order chi connectivity index (χ0) is 14.7. The van der Waals surface area contributed by atoms with Gasteiger partial charge in [-0.3, -0.25) is 4.68 Å². The highest BCUT2D eigenvalue weighted by atomic mass is 19.1. The minimum absolute atomic E-state index is 0.272. The number of benzene rings is 1. The van der Waals surface area contributed by atoms with E-state index in [-0.39, 0.29) is 5.82 Å². The van der Waals surface area contributed by atoms with Crippen molar-refractivity contribution in [1.29, 1.82) is 0 Å². The summed E-state index contributed by atoms with van der Waals surface area (Å²) < 4.78 is 20.0. The van der Waals surface area contributed by atoms with Gasteiger partial charge in [-0.25, -0.2) is 9.37 Å². The lowest BCUT2D eigenvalue weighted by Gasteiger charge is -2.33. The molecule has 0 saturated heterocycles. The van der Waals surface area contributed by atoms with E-state index in [1.165, 1.54) is 12.1 Å². The highest BCUT2D eigenvalue weighted by molar-refractivity contribution is 5.21. The Balaban J connectivity index is 1.44. The number of hydrogen-bond donors (Lipinski definition) is 1. The summed E-state index contributed by atoms with van der Waals surface area (Å²) in [5, 5.41) is 14.5. The Morgan fingerprint density at radius 3 is 2.71 bits per heavy atom. The van der Waals surface area contributed by atoms with E-state index in [2.05, 4.69) is 10.1 Å². The van der Waals surface area contributed by atoms with Crippen molar-refractivity contribution < 1.29 is 14.2 Å². The van der Waals surface area contributed by atoms with E-state index in [0.29, 0.717) is 24.7 Å². The average molecular weight is 291 g/mol. The fourth-order valence-corrected chi connectivity index (χ4v) is 2.30. The summed E-state index contributed by atoms with van der Waals surface area (Å²) in [5.41, 5.74) is -0.810. The lowest BCUT2D eigenvalue weighted by atomic mass is 9.80. The Bertz CT molecular complexity index is 593. The molecule has 3 rings (SSSR count). The molecule has 0 unspecified atom stereocenters. The Kier molecular flexibility index (Phi) is 3.88. The molecule has 0 aliphatic heterocycles. The fraction of sp³-hybridized carbons (Fsp3) is 0.467. The number of aromatic nitrogens is 3. The molecule has 1 aliphatic carbocycles. The molecule has 112 valence electrons. The molecule has 1 fully saturated rings. The van der Waals surface area contributed by atoms with Crippen LogP contribution in [0.15, 0.2) is 30.6 Å². The van der Waals surface area contributed by atoms with Gasteiger partial charge in [0.2, 0.25) is 0 Å². The summed E-state index contributed by atoms with van der Waals surface area (Å²) >= 11 is 0. The van der Waals surface area contributed by atoms with Gasteiger partial charge < -0.3 is 9.84 Å². The first-order chi connectivity index (χ1) is 10.2. The van der Waals surface area contributed by atoms with Crippen LogP contribution in [-0.4, -0.2) is 26.5 Å². The summed E-state index contributed by atoms with van der Waals surface area (Å²) in [6, 6.07) is 5.96. The average Bonchev–Trinajstić information content (AvgIpc) is 2.92. The van der Waals surface area contributed by atoms with Crippen LogP contribution in [0.25, 0.3) is 0 Å². The monoisotopic (exact) mass is 291 g/mol. The molecular formula is C15H18FN3O2. The van der Waals surface area contributed by atoms with Gasteiger partial charge in [0.05, 0.1) is 6.61 Å². The maximum atomic E-state index is 12.7. The lowest BCUT2D eigenvalue weighted by molar-refractivity contribution is -0.0468. The van der Waals surface area contributed by atoms with Crippen LogP contribution in [-0.2, 0) is 12.1 Å². The number of hydrogen-bond acceptors (Lipinski definition) is 4. The second kappa shape index (κ2) is 5.81. The molecule has 2 aromatic rings. The largest absolute Gasteiger partial charge is 0.494 e. The summed E-state index contributed by atoms with van der Waals surface area (Å²) in [6.07, 6.45) is 4.91. The lowest BCUT2D eigenvalue weighted by Crippen LogP contribution is -2.35. The molecule has 1 aromatic carbocycles. The minimum atomic E-state index is -0.810. The molecule has 1 heterocycles.